The van der Waals surface area contributed by atoms with Crippen LogP contribution in [0.15, 0.2) is 30.6 Å². The van der Waals surface area contributed by atoms with Crippen molar-refractivity contribution in [2.75, 3.05) is 5.32 Å². The molecule has 0 unspecified atom stereocenters. The van der Waals surface area contributed by atoms with Crippen LogP contribution in [0.5, 0.6) is 0 Å². The summed E-state index contributed by atoms with van der Waals surface area (Å²) in [7, 11) is 0. The molecule has 0 bridgehead atoms. The highest BCUT2D eigenvalue weighted by atomic mass is 19.4. The standard InChI is InChI=1S/C16H18F3N5O/c1-2-24-14(20-9-21-24)13(10-7-8-10)23-15(25)22-12-6-4-3-5-11(12)16(17,18)19/h3-6,9-10,13H,2,7-8H2,1H3,(H2,22,23,25)/t13-/m1/s1. The molecule has 1 aromatic heterocycles. The lowest BCUT2D eigenvalue weighted by atomic mass is 10.1. The van der Waals surface area contributed by atoms with Gasteiger partial charge in [0.25, 0.3) is 0 Å². The number of benzene rings is 1. The first-order valence-electron chi connectivity index (χ1n) is 8.01. The summed E-state index contributed by atoms with van der Waals surface area (Å²) in [6.07, 6.45) is -1.27. The maximum absolute atomic E-state index is 13.0. The lowest BCUT2D eigenvalue weighted by Gasteiger charge is -2.19. The van der Waals surface area contributed by atoms with Gasteiger partial charge in [-0.1, -0.05) is 12.1 Å². The van der Waals surface area contributed by atoms with Crippen molar-refractivity contribution in [1.29, 1.82) is 0 Å². The van der Waals surface area contributed by atoms with Crippen LogP contribution in [0.4, 0.5) is 23.7 Å². The Morgan fingerprint density at radius 2 is 2.08 bits per heavy atom. The van der Waals surface area contributed by atoms with Crippen molar-refractivity contribution in [2.45, 2.75) is 38.5 Å². The molecule has 6 nitrogen and oxygen atoms in total. The van der Waals surface area contributed by atoms with Gasteiger partial charge in [-0.15, -0.1) is 0 Å². The van der Waals surface area contributed by atoms with E-state index in [1.54, 1.807) is 4.68 Å². The van der Waals surface area contributed by atoms with Crippen LogP contribution in [0.1, 0.15) is 37.2 Å². The third-order valence-corrected chi connectivity index (χ3v) is 4.08. The largest absolute Gasteiger partial charge is 0.418 e. The zero-order chi connectivity index (χ0) is 18.0. The number of alkyl halides is 3. The molecule has 1 aromatic carbocycles. The molecule has 2 amide bonds. The predicted molar refractivity (Wildman–Crippen MR) is 84.8 cm³/mol. The molecule has 2 aromatic rings. The van der Waals surface area contributed by atoms with Gasteiger partial charge in [-0.3, -0.25) is 0 Å². The summed E-state index contributed by atoms with van der Waals surface area (Å²) < 4.78 is 40.8. The first-order valence-corrected chi connectivity index (χ1v) is 8.01. The highest BCUT2D eigenvalue weighted by Gasteiger charge is 2.37. The van der Waals surface area contributed by atoms with E-state index < -0.39 is 17.8 Å². The van der Waals surface area contributed by atoms with Gasteiger partial charge >= 0.3 is 12.2 Å². The Labute approximate surface area is 142 Å². The van der Waals surface area contributed by atoms with Gasteiger partial charge in [0.1, 0.15) is 12.2 Å². The Hall–Kier alpha value is -2.58. The number of nitrogens with one attached hydrogen (secondary N) is 2. The molecule has 25 heavy (non-hydrogen) atoms. The number of aromatic nitrogens is 3. The summed E-state index contributed by atoms with van der Waals surface area (Å²) in [6, 6.07) is 3.81. The molecule has 134 valence electrons. The van der Waals surface area contributed by atoms with Crippen molar-refractivity contribution in [3.63, 3.8) is 0 Å². The summed E-state index contributed by atoms with van der Waals surface area (Å²) in [4.78, 5) is 16.5. The molecule has 0 aliphatic heterocycles. The summed E-state index contributed by atoms with van der Waals surface area (Å²) in [6.45, 7) is 2.50. The zero-order valence-corrected chi connectivity index (χ0v) is 13.5. The molecule has 0 radical (unpaired) electrons. The van der Waals surface area contributed by atoms with E-state index >= 15 is 0 Å². The third-order valence-electron chi connectivity index (χ3n) is 4.08. The molecule has 1 heterocycles. The number of carbonyl (C=O) groups excluding carboxylic acids is 1. The van der Waals surface area contributed by atoms with Gasteiger partial charge in [-0.05, 0) is 37.8 Å². The number of para-hydroxylation sites is 1. The fourth-order valence-corrected chi connectivity index (χ4v) is 2.72. The van der Waals surface area contributed by atoms with E-state index in [1.165, 1.54) is 24.5 Å². The topological polar surface area (TPSA) is 71.8 Å². The number of urea groups is 1. The van der Waals surface area contributed by atoms with E-state index in [4.69, 9.17) is 0 Å². The van der Waals surface area contributed by atoms with Crippen molar-refractivity contribution in [2.24, 2.45) is 5.92 Å². The van der Waals surface area contributed by atoms with Crippen LogP contribution in [-0.2, 0) is 12.7 Å². The maximum Gasteiger partial charge on any atom is 0.418 e. The lowest BCUT2D eigenvalue weighted by Crippen LogP contribution is -2.35. The van der Waals surface area contributed by atoms with E-state index in [0.717, 1.165) is 18.9 Å². The van der Waals surface area contributed by atoms with Gasteiger partial charge in [0, 0.05) is 6.54 Å². The normalized spacial score (nSPS) is 15.7. The van der Waals surface area contributed by atoms with Crippen LogP contribution < -0.4 is 10.6 Å². The fraction of sp³-hybridized carbons (Fsp3) is 0.438. The fourth-order valence-electron chi connectivity index (χ4n) is 2.72. The van der Waals surface area contributed by atoms with E-state index in [2.05, 4.69) is 20.7 Å². The smallest absolute Gasteiger partial charge is 0.328 e. The van der Waals surface area contributed by atoms with Crippen LogP contribution in [0.3, 0.4) is 0 Å². The van der Waals surface area contributed by atoms with E-state index in [-0.39, 0.29) is 17.6 Å². The zero-order valence-electron chi connectivity index (χ0n) is 13.5. The van der Waals surface area contributed by atoms with Crippen LogP contribution in [-0.4, -0.2) is 20.8 Å². The average molecular weight is 353 g/mol. The number of aryl methyl sites for hydroxylation is 1. The van der Waals surface area contributed by atoms with Gasteiger partial charge in [0.2, 0.25) is 0 Å². The monoisotopic (exact) mass is 353 g/mol. The first kappa shape index (κ1) is 17.2. The van der Waals surface area contributed by atoms with Crippen molar-refractivity contribution in [3.8, 4) is 0 Å². The Balaban J connectivity index is 1.76. The summed E-state index contributed by atoms with van der Waals surface area (Å²) in [5.41, 5.74) is -1.16. The molecule has 1 fully saturated rings. The molecule has 1 aliphatic carbocycles. The SMILES string of the molecule is CCn1ncnc1[C@H](NC(=O)Nc1ccccc1C(F)(F)F)C1CC1. The summed E-state index contributed by atoms with van der Waals surface area (Å²) in [5.74, 6) is 0.836. The number of hydrogen-bond donors (Lipinski definition) is 2. The number of hydrogen-bond acceptors (Lipinski definition) is 3. The third kappa shape index (κ3) is 3.92. The number of anilines is 1. The minimum atomic E-state index is -4.54. The van der Waals surface area contributed by atoms with Crippen LogP contribution in [0.2, 0.25) is 0 Å². The van der Waals surface area contributed by atoms with Gasteiger partial charge in [0.15, 0.2) is 0 Å². The Morgan fingerprint density at radius 1 is 1.36 bits per heavy atom. The van der Waals surface area contributed by atoms with Gasteiger partial charge in [0.05, 0.1) is 17.3 Å². The molecule has 3 rings (SSSR count). The van der Waals surface area contributed by atoms with Crippen LogP contribution >= 0.6 is 0 Å². The molecule has 1 saturated carbocycles. The number of nitrogens with zero attached hydrogens (tertiary/aromatic N) is 3. The molecule has 0 saturated heterocycles. The van der Waals surface area contributed by atoms with Crippen LogP contribution in [0, 0.1) is 5.92 Å². The lowest BCUT2D eigenvalue weighted by molar-refractivity contribution is -0.136. The maximum atomic E-state index is 13.0. The van der Waals surface area contributed by atoms with Crippen molar-refractivity contribution in [3.05, 3.63) is 42.0 Å². The number of rotatable bonds is 5. The molecular formula is C16H18F3N5O. The Bertz CT molecular complexity index is 754. The van der Waals surface area contributed by atoms with Crippen molar-refractivity contribution < 1.29 is 18.0 Å². The molecule has 1 aliphatic rings. The predicted octanol–water partition coefficient (Wildman–Crippen LogP) is 3.59. The van der Waals surface area contributed by atoms with Gasteiger partial charge in [-0.2, -0.15) is 18.3 Å². The Kier molecular flexibility index (Phi) is 4.65. The molecular weight excluding hydrogens is 335 g/mol. The second kappa shape index (κ2) is 6.73. The highest BCUT2D eigenvalue weighted by molar-refractivity contribution is 5.90. The van der Waals surface area contributed by atoms with E-state index in [9.17, 15) is 18.0 Å². The quantitative estimate of drug-likeness (QED) is 0.863. The van der Waals surface area contributed by atoms with E-state index in [0.29, 0.717) is 12.4 Å². The van der Waals surface area contributed by atoms with Crippen LogP contribution in [0.25, 0.3) is 0 Å². The second-order valence-electron chi connectivity index (χ2n) is 5.89. The minimum absolute atomic E-state index is 0.220. The van der Waals surface area contributed by atoms with Crippen molar-refractivity contribution >= 4 is 11.7 Å². The Morgan fingerprint density at radius 3 is 2.72 bits per heavy atom. The van der Waals surface area contributed by atoms with Gasteiger partial charge in [-0.25, -0.2) is 14.5 Å². The second-order valence-corrected chi connectivity index (χ2v) is 5.89. The molecule has 2 N–H and O–H groups in total. The number of amides is 2. The van der Waals surface area contributed by atoms with E-state index in [1.807, 2.05) is 6.92 Å². The molecule has 0 spiro atoms. The molecule has 1 atom stereocenters. The average Bonchev–Trinajstić information content (AvgIpc) is 3.29. The number of carbonyl (C=O) groups is 1. The first-order chi connectivity index (χ1) is 11.9. The van der Waals surface area contributed by atoms with Crippen molar-refractivity contribution in [1.82, 2.24) is 20.1 Å². The van der Waals surface area contributed by atoms with Gasteiger partial charge < -0.3 is 10.6 Å². The molecule has 9 heteroatoms. The highest BCUT2D eigenvalue weighted by Crippen LogP contribution is 2.40. The summed E-state index contributed by atoms with van der Waals surface area (Å²) >= 11 is 0. The minimum Gasteiger partial charge on any atom is -0.328 e. The summed E-state index contributed by atoms with van der Waals surface area (Å²) in [5, 5.41) is 9.13. The number of halogens is 3.